The van der Waals surface area contributed by atoms with Gasteiger partial charge in [-0.1, -0.05) is 17.7 Å². The Morgan fingerprint density at radius 2 is 2.20 bits per heavy atom. The molecule has 1 aromatic carbocycles. The van der Waals surface area contributed by atoms with Crippen molar-refractivity contribution in [2.75, 3.05) is 11.9 Å². The molecule has 1 aromatic heterocycles. The van der Waals surface area contributed by atoms with Crippen LogP contribution in [-0.4, -0.2) is 24.2 Å². The van der Waals surface area contributed by atoms with E-state index in [2.05, 4.69) is 23.3 Å². The van der Waals surface area contributed by atoms with Gasteiger partial charge in [0.05, 0.1) is 16.3 Å². The summed E-state index contributed by atoms with van der Waals surface area (Å²) in [5.74, 6) is -0.965. The summed E-state index contributed by atoms with van der Waals surface area (Å²) in [7, 11) is 1.97. The number of carboxylic acid groups (broad SMARTS) is 1. The lowest BCUT2D eigenvalue weighted by molar-refractivity contribution is 0.0697. The molecule has 5 heteroatoms. The van der Waals surface area contributed by atoms with Gasteiger partial charge in [0.1, 0.15) is 0 Å². The van der Waals surface area contributed by atoms with Crippen molar-refractivity contribution in [3.8, 4) is 0 Å². The second-order valence-electron chi connectivity index (χ2n) is 4.71. The molecule has 0 saturated carbocycles. The number of benzene rings is 1. The summed E-state index contributed by atoms with van der Waals surface area (Å²) in [4.78, 5) is 14.3. The molecule has 0 aliphatic carbocycles. The standard InChI is InChI=1S/C15H16ClNO2S/c1-10(8-12-4-3-7-20-12)17(2)14-6-5-11(15(18)19)9-13(14)16/h3-7,9-10H,8H2,1-2H3,(H,18,19). The number of carbonyl (C=O) groups is 1. The van der Waals surface area contributed by atoms with Crippen LogP contribution in [-0.2, 0) is 6.42 Å². The van der Waals surface area contributed by atoms with Gasteiger partial charge < -0.3 is 10.0 Å². The number of nitrogens with zero attached hydrogens (tertiary/aromatic N) is 1. The fourth-order valence-electron chi connectivity index (χ4n) is 2.02. The van der Waals surface area contributed by atoms with E-state index in [4.69, 9.17) is 16.7 Å². The normalized spacial score (nSPS) is 12.2. The molecule has 0 amide bonds. The van der Waals surface area contributed by atoms with Crippen molar-refractivity contribution in [3.05, 3.63) is 51.2 Å². The summed E-state index contributed by atoms with van der Waals surface area (Å²) in [6.45, 7) is 2.13. The van der Waals surface area contributed by atoms with Crippen LogP contribution in [0.5, 0.6) is 0 Å². The predicted octanol–water partition coefficient (Wildman–Crippen LogP) is 4.17. The summed E-state index contributed by atoms with van der Waals surface area (Å²) in [5, 5.41) is 11.5. The van der Waals surface area contributed by atoms with E-state index in [1.807, 2.05) is 13.1 Å². The van der Waals surface area contributed by atoms with Crippen molar-refractivity contribution < 1.29 is 9.90 Å². The molecule has 0 aliphatic heterocycles. The Labute approximate surface area is 127 Å². The Balaban J connectivity index is 2.16. The predicted molar refractivity (Wildman–Crippen MR) is 84.3 cm³/mol. The van der Waals surface area contributed by atoms with Crippen LogP contribution >= 0.6 is 22.9 Å². The van der Waals surface area contributed by atoms with E-state index in [1.54, 1.807) is 23.5 Å². The number of anilines is 1. The molecular formula is C15H16ClNO2S. The summed E-state index contributed by atoms with van der Waals surface area (Å²) < 4.78 is 0. The van der Waals surface area contributed by atoms with Gasteiger partial charge >= 0.3 is 5.97 Å². The number of hydrogen-bond donors (Lipinski definition) is 1. The zero-order valence-corrected chi connectivity index (χ0v) is 12.9. The maximum absolute atomic E-state index is 10.9. The third-order valence-electron chi connectivity index (χ3n) is 3.31. The van der Waals surface area contributed by atoms with Crippen LogP contribution in [0.4, 0.5) is 5.69 Å². The largest absolute Gasteiger partial charge is 0.478 e. The molecule has 2 aromatic rings. The SMILES string of the molecule is CC(Cc1cccs1)N(C)c1ccc(C(=O)O)cc1Cl. The topological polar surface area (TPSA) is 40.5 Å². The molecule has 3 nitrogen and oxygen atoms in total. The summed E-state index contributed by atoms with van der Waals surface area (Å²) in [5.41, 5.74) is 1.05. The Bertz CT molecular complexity index is 598. The molecule has 0 spiro atoms. The molecule has 0 saturated heterocycles. The summed E-state index contributed by atoms with van der Waals surface area (Å²) in [6.07, 6.45) is 0.936. The molecule has 1 atom stereocenters. The first-order chi connectivity index (χ1) is 9.49. The Hall–Kier alpha value is -1.52. The van der Waals surface area contributed by atoms with E-state index >= 15 is 0 Å². The van der Waals surface area contributed by atoms with Gasteiger partial charge in [0.25, 0.3) is 0 Å². The van der Waals surface area contributed by atoms with Crippen molar-refractivity contribution in [1.29, 1.82) is 0 Å². The van der Waals surface area contributed by atoms with E-state index in [9.17, 15) is 4.79 Å². The average molecular weight is 310 g/mol. The van der Waals surface area contributed by atoms with Crippen LogP contribution in [0.2, 0.25) is 5.02 Å². The van der Waals surface area contributed by atoms with Crippen LogP contribution in [0.15, 0.2) is 35.7 Å². The third kappa shape index (κ3) is 3.32. The fourth-order valence-corrected chi connectivity index (χ4v) is 3.16. The van der Waals surface area contributed by atoms with Crippen molar-refractivity contribution >= 4 is 34.6 Å². The first-order valence-electron chi connectivity index (χ1n) is 6.27. The highest BCUT2D eigenvalue weighted by atomic mass is 35.5. The van der Waals surface area contributed by atoms with Gasteiger partial charge in [-0.2, -0.15) is 0 Å². The number of aromatic carboxylic acids is 1. The number of carboxylic acids is 1. The van der Waals surface area contributed by atoms with E-state index in [1.165, 1.54) is 10.9 Å². The maximum Gasteiger partial charge on any atom is 0.335 e. The number of likely N-dealkylation sites (N-methyl/N-ethyl adjacent to an activating group) is 1. The number of rotatable bonds is 5. The molecule has 20 heavy (non-hydrogen) atoms. The molecule has 0 radical (unpaired) electrons. The van der Waals surface area contributed by atoms with Crippen LogP contribution in [0.3, 0.4) is 0 Å². The minimum Gasteiger partial charge on any atom is -0.478 e. The lowest BCUT2D eigenvalue weighted by Gasteiger charge is -2.27. The second kappa shape index (κ2) is 6.29. The van der Waals surface area contributed by atoms with Crippen molar-refractivity contribution in [2.24, 2.45) is 0 Å². The minimum atomic E-state index is -0.965. The minimum absolute atomic E-state index is 0.207. The monoisotopic (exact) mass is 309 g/mol. The molecule has 1 N–H and O–H groups in total. The highest BCUT2D eigenvalue weighted by molar-refractivity contribution is 7.09. The molecule has 0 bridgehead atoms. The zero-order chi connectivity index (χ0) is 14.7. The van der Waals surface area contributed by atoms with Gasteiger partial charge in [-0.05, 0) is 36.6 Å². The average Bonchev–Trinajstić information content (AvgIpc) is 2.90. The van der Waals surface area contributed by atoms with E-state index < -0.39 is 5.97 Å². The van der Waals surface area contributed by atoms with Gasteiger partial charge in [0.2, 0.25) is 0 Å². The smallest absolute Gasteiger partial charge is 0.335 e. The Morgan fingerprint density at radius 1 is 1.45 bits per heavy atom. The van der Waals surface area contributed by atoms with E-state index in [-0.39, 0.29) is 11.6 Å². The number of halogens is 1. The highest BCUT2D eigenvalue weighted by Gasteiger charge is 2.15. The number of thiophene rings is 1. The van der Waals surface area contributed by atoms with Crippen molar-refractivity contribution in [2.45, 2.75) is 19.4 Å². The first-order valence-corrected chi connectivity index (χ1v) is 7.53. The van der Waals surface area contributed by atoms with Crippen LogP contribution in [0, 0.1) is 0 Å². The zero-order valence-electron chi connectivity index (χ0n) is 11.3. The first kappa shape index (κ1) is 14.9. The summed E-state index contributed by atoms with van der Waals surface area (Å²) in [6, 6.07) is 9.27. The molecule has 2 rings (SSSR count). The maximum atomic E-state index is 10.9. The molecule has 1 heterocycles. The quantitative estimate of drug-likeness (QED) is 0.901. The summed E-state index contributed by atoms with van der Waals surface area (Å²) >= 11 is 7.93. The van der Waals surface area contributed by atoms with Gasteiger partial charge in [-0.25, -0.2) is 4.79 Å². The lowest BCUT2D eigenvalue weighted by atomic mass is 10.1. The number of hydrogen-bond acceptors (Lipinski definition) is 3. The molecule has 0 aliphatic rings. The van der Waals surface area contributed by atoms with Crippen molar-refractivity contribution in [1.82, 2.24) is 0 Å². The van der Waals surface area contributed by atoms with Crippen molar-refractivity contribution in [3.63, 3.8) is 0 Å². The Kier molecular flexibility index (Phi) is 4.68. The Morgan fingerprint density at radius 3 is 2.75 bits per heavy atom. The molecule has 1 unspecified atom stereocenters. The fraction of sp³-hybridized carbons (Fsp3) is 0.267. The highest BCUT2D eigenvalue weighted by Crippen LogP contribution is 2.28. The van der Waals surface area contributed by atoms with Gasteiger partial charge in [-0.15, -0.1) is 11.3 Å². The third-order valence-corrected chi connectivity index (χ3v) is 4.51. The van der Waals surface area contributed by atoms with Crippen LogP contribution in [0.1, 0.15) is 22.2 Å². The van der Waals surface area contributed by atoms with E-state index in [0.29, 0.717) is 5.02 Å². The van der Waals surface area contributed by atoms with Crippen LogP contribution in [0.25, 0.3) is 0 Å². The van der Waals surface area contributed by atoms with Gasteiger partial charge in [0, 0.05) is 24.4 Å². The molecular weight excluding hydrogens is 294 g/mol. The second-order valence-corrected chi connectivity index (χ2v) is 6.15. The molecule has 106 valence electrons. The lowest BCUT2D eigenvalue weighted by Crippen LogP contribution is -2.30. The molecule has 0 fully saturated rings. The van der Waals surface area contributed by atoms with Crippen LogP contribution < -0.4 is 4.90 Å². The van der Waals surface area contributed by atoms with E-state index in [0.717, 1.165) is 12.1 Å². The van der Waals surface area contributed by atoms with Gasteiger partial charge in [0.15, 0.2) is 0 Å². The van der Waals surface area contributed by atoms with Gasteiger partial charge in [-0.3, -0.25) is 0 Å².